The molecule has 2 aliphatic heterocycles. The van der Waals surface area contributed by atoms with Crippen molar-refractivity contribution >= 4 is 23.8 Å². The van der Waals surface area contributed by atoms with Gasteiger partial charge in [0.2, 0.25) is 11.8 Å². The Morgan fingerprint density at radius 1 is 1.36 bits per heavy atom. The molecule has 3 rings (SSSR count). The molecule has 1 unspecified atom stereocenters. The molecule has 0 saturated carbocycles. The fourth-order valence-corrected chi connectivity index (χ4v) is 3.13. The van der Waals surface area contributed by atoms with Crippen LogP contribution in [0.5, 0.6) is 0 Å². The van der Waals surface area contributed by atoms with Crippen LogP contribution in [0.1, 0.15) is 40.7 Å². The maximum absolute atomic E-state index is 14.1. The van der Waals surface area contributed by atoms with Gasteiger partial charge in [0.25, 0.3) is 5.91 Å². The minimum atomic E-state index is -1.28. The summed E-state index contributed by atoms with van der Waals surface area (Å²) < 4.78 is 14.1. The molecule has 3 N–H and O–H groups in total. The molecule has 25 heavy (non-hydrogen) atoms. The third kappa shape index (κ3) is 3.30. The van der Waals surface area contributed by atoms with Gasteiger partial charge in [-0.2, -0.15) is 0 Å². The summed E-state index contributed by atoms with van der Waals surface area (Å²) in [5.74, 6) is -2.06. The number of carbonyl (C=O) groups is 4. The van der Waals surface area contributed by atoms with E-state index in [2.05, 4.69) is 10.6 Å². The number of nitrogens with zero attached hydrogens (tertiary/aromatic N) is 1. The van der Waals surface area contributed by atoms with E-state index in [9.17, 15) is 23.6 Å². The van der Waals surface area contributed by atoms with Crippen molar-refractivity contribution in [1.29, 1.82) is 0 Å². The fraction of sp³-hybridized carbons (Fsp3) is 0.375. The van der Waals surface area contributed by atoms with Crippen LogP contribution in [-0.4, -0.2) is 39.9 Å². The van der Waals surface area contributed by atoms with Crippen molar-refractivity contribution in [2.24, 2.45) is 0 Å². The Labute approximate surface area is 142 Å². The lowest BCUT2D eigenvalue weighted by molar-refractivity contribution is -0.132. The molecule has 1 aromatic carbocycles. The molecule has 0 bridgehead atoms. The number of carbonyl (C=O) groups excluding carboxylic acids is 3. The van der Waals surface area contributed by atoms with Crippen molar-refractivity contribution in [1.82, 2.24) is 15.5 Å². The number of amides is 4. The van der Waals surface area contributed by atoms with Gasteiger partial charge in [-0.15, -0.1) is 0 Å². The first-order chi connectivity index (χ1) is 11.9. The number of carboxylic acid groups (broad SMARTS) is 1. The molecular formula is C16H16FN3O5. The van der Waals surface area contributed by atoms with Crippen molar-refractivity contribution in [3.8, 4) is 0 Å². The normalized spacial score (nSPS) is 20.1. The molecule has 8 nitrogen and oxygen atoms in total. The van der Waals surface area contributed by atoms with Crippen molar-refractivity contribution < 1.29 is 28.7 Å². The topological polar surface area (TPSA) is 116 Å². The first-order valence-corrected chi connectivity index (χ1v) is 7.79. The summed E-state index contributed by atoms with van der Waals surface area (Å²) in [6.07, 6.45) is -0.230. The number of rotatable bonds is 3. The van der Waals surface area contributed by atoms with E-state index in [0.717, 1.165) is 6.07 Å². The number of hydrogen-bond acceptors (Lipinski definition) is 4. The van der Waals surface area contributed by atoms with Crippen LogP contribution >= 0.6 is 0 Å². The highest BCUT2D eigenvalue weighted by Gasteiger charge is 2.38. The summed E-state index contributed by atoms with van der Waals surface area (Å²) in [6, 6.07) is 1.71. The Hall–Kier alpha value is -2.97. The SMILES string of the molecule is O=C(O)NCc1cc2c(cc1F)C(=O)N(C1CCCC(=O)NC1=O)C2. The van der Waals surface area contributed by atoms with Gasteiger partial charge in [0.15, 0.2) is 0 Å². The highest BCUT2D eigenvalue weighted by atomic mass is 19.1. The summed E-state index contributed by atoms with van der Waals surface area (Å²) in [7, 11) is 0. The summed E-state index contributed by atoms with van der Waals surface area (Å²) in [5.41, 5.74) is 0.799. The number of fused-ring (bicyclic) bond motifs is 1. The van der Waals surface area contributed by atoms with Gasteiger partial charge in [0.1, 0.15) is 11.9 Å². The second kappa shape index (κ2) is 6.50. The molecule has 1 aromatic rings. The Morgan fingerprint density at radius 3 is 2.84 bits per heavy atom. The zero-order valence-corrected chi connectivity index (χ0v) is 13.2. The van der Waals surface area contributed by atoms with E-state index in [1.165, 1.54) is 11.0 Å². The number of halogens is 1. The van der Waals surface area contributed by atoms with Gasteiger partial charge in [-0.05, 0) is 30.5 Å². The highest BCUT2D eigenvalue weighted by Crippen LogP contribution is 2.29. The van der Waals surface area contributed by atoms with E-state index >= 15 is 0 Å². The van der Waals surface area contributed by atoms with Crippen LogP contribution in [-0.2, 0) is 22.7 Å². The van der Waals surface area contributed by atoms with Gasteiger partial charge in [-0.25, -0.2) is 9.18 Å². The van der Waals surface area contributed by atoms with Gasteiger partial charge in [-0.3, -0.25) is 19.7 Å². The summed E-state index contributed by atoms with van der Waals surface area (Å²) in [6.45, 7) is -0.109. The number of benzene rings is 1. The van der Waals surface area contributed by atoms with Crippen molar-refractivity contribution in [2.45, 2.75) is 38.4 Å². The molecule has 0 radical (unpaired) electrons. The van der Waals surface area contributed by atoms with Crippen LogP contribution < -0.4 is 10.6 Å². The lowest BCUT2D eigenvalue weighted by Crippen LogP contribution is -2.46. The molecule has 0 aromatic heterocycles. The van der Waals surface area contributed by atoms with Crippen LogP contribution in [0.2, 0.25) is 0 Å². The Bertz CT molecular complexity index is 779. The average Bonchev–Trinajstić information content (AvgIpc) is 2.74. The predicted octanol–water partition coefficient (Wildman–Crippen LogP) is 0.744. The Morgan fingerprint density at radius 2 is 2.12 bits per heavy atom. The smallest absolute Gasteiger partial charge is 0.404 e. The minimum absolute atomic E-state index is 0.112. The molecule has 0 spiro atoms. The molecule has 1 saturated heterocycles. The summed E-state index contributed by atoms with van der Waals surface area (Å²) in [4.78, 5) is 48.0. The monoisotopic (exact) mass is 349 g/mol. The lowest BCUT2D eigenvalue weighted by Gasteiger charge is -2.24. The zero-order valence-electron chi connectivity index (χ0n) is 13.2. The second-order valence-corrected chi connectivity index (χ2v) is 6.01. The van der Waals surface area contributed by atoms with E-state index in [4.69, 9.17) is 5.11 Å². The third-order valence-electron chi connectivity index (χ3n) is 4.36. The Balaban J connectivity index is 1.84. The lowest BCUT2D eigenvalue weighted by atomic mass is 10.1. The summed E-state index contributed by atoms with van der Waals surface area (Å²) >= 11 is 0. The van der Waals surface area contributed by atoms with E-state index in [-0.39, 0.29) is 36.5 Å². The standard InChI is InChI=1S/C16H16FN3O5/c17-11-5-10-9(4-8(11)6-18-16(24)25)7-20(15(10)23)12-2-1-3-13(21)19-14(12)22/h4-5,12,18H,1-3,6-7H2,(H,24,25)(H,19,21,22). The fourth-order valence-electron chi connectivity index (χ4n) is 3.13. The second-order valence-electron chi connectivity index (χ2n) is 6.01. The molecule has 1 atom stereocenters. The minimum Gasteiger partial charge on any atom is -0.465 e. The van der Waals surface area contributed by atoms with E-state index < -0.39 is 29.8 Å². The zero-order chi connectivity index (χ0) is 18.1. The number of imide groups is 1. The van der Waals surface area contributed by atoms with Crippen molar-refractivity contribution in [3.63, 3.8) is 0 Å². The maximum atomic E-state index is 14.1. The van der Waals surface area contributed by atoms with Gasteiger partial charge in [-0.1, -0.05) is 0 Å². The largest absolute Gasteiger partial charge is 0.465 e. The van der Waals surface area contributed by atoms with Crippen LogP contribution in [0.15, 0.2) is 12.1 Å². The van der Waals surface area contributed by atoms with Crippen molar-refractivity contribution in [2.75, 3.05) is 0 Å². The average molecular weight is 349 g/mol. The molecule has 132 valence electrons. The van der Waals surface area contributed by atoms with Gasteiger partial charge in [0.05, 0.1) is 0 Å². The molecule has 4 amide bonds. The molecule has 1 fully saturated rings. The van der Waals surface area contributed by atoms with E-state index in [1.54, 1.807) is 0 Å². The van der Waals surface area contributed by atoms with Crippen LogP contribution in [0.4, 0.5) is 9.18 Å². The number of hydrogen-bond donors (Lipinski definition) is 3. The molecular weight excluding hydrogens is 333 g/mol. The maximum Gasteiger partial charge on any atom is 0.404 e. The van der Waals surface area contributed by atoms with E-state index in [0.29, 0.717) is 18.4 Å². The highest BCUT2D eigenvalue weighted by molar-refractivity contribution is 6.04. The van der Waals surface area contributed by atoms with Crippen LogP contribution in [0, 0.1) is 5.82 Å². The summed E-state index contributed by atoms with van der Waals surface area (Å²) in [5, 5.41) is 12.9. The molecule has 2 aliphatic rings. The third-order valence-corrected chi connectivity index (χ3v) is 4.36. The first kappa shape index (κ1) is 16.9. The van der Waals surface area contributed by atoms with E-state index in [1.807, 2.05) is 0 Å². The van der Waals surface area contributed by atoms with Gasteiger partial charge in [0, 0.05) is 30.6 Å². The van der Waals surface area contributed by atoms with Gasteiger partial charge < -0.3 is 15.3 Å². The number of nitrogens with one attached hydrogen (secondary N) is 2. The molecule has 0 aliphatic carbocycles. The molecule has 2 heterocycles. The quantitative estimate of drug-likeness (QED) is 0.696. The predicted molar refractivity (Wildman–Crippen MR) is 81.9 cm³/mol. The first-order valence-electron chi connectivity index (χ1n) is 7.79. The van der Waals surface area contributed by atoms with Crippen LogP contribution in [0.25, 0.3) is 0 Å². The Kier molecular flexibility index (Phi) is 4.39. The molecule has 9 heteroatoms. The van der Waals surface area contributed by atoms with Gasteiger partial charge >= 0.3 is 6.09 Å². The van der Waals surface area contributed by atoms with Crippen molar-refractivity contribution in [3.05, 3.63) is 34.6 Å². The van der Waals surface area contributed by atoms with Crippen LogP contribution in [0.3, 0.4) is 0 Å².